The van der Waals surface area contributed by atoms with Crippen LogP contribution in [0.1, 0.15) is 51.7 Å². The minimum atomic E-state index is -1.06. The van der Waals surface area contributed by atoms with Gasteiger partial charge in [0.15, 0.2) is 0 Å². The van der Waals surface area contributed by atoms with E-state index in [9.17, 15) is 29.4 Å². The Labute approximate surface area is 180 Å². The number of aromatic hydroxyl groups is 2. The van der Waals surface area contributed by atoms with Crippen LogP contribution in [0, 0.1) is 0 Å². The molecule has 0 heterocycles. The van der Waals surface area contributed by atoms with E-state index in [1.54, 1.807) is 24.3 Å². The molecule has 0 atom stereocenters. The summed E-state index contributed by atoms with van der Waals surface area (Å²) in [6.45, 7) is 6.72. The van der Waals surface area contributed by atoms with Crippen molar-refractivity contribution in [1.29, 1.82) is 0 Å². The molecule has 0 amide bonds. The molecule has 8 heteroatoms. The molecule has 4 N–H and O–H groups in total. The Morgan fingerprint density at radius 3 is 1.06 bits per heavy atom. The molecule has 0 spiro atoms. The zero-order valence-electron chi connectivity index (χ0n) is 18.0. The Morgan fingerprint density at radius 2 is 0.903 bits per heavy atom. The predicted molar refractivity (Wildman–Crippen MR) is 114 cm³/mol. The van der Waals surface area contributed by atoms with Gasteiger partial charge in [-0.05, 0) is 49.2 Å². The van der Waals surface area contributed by atoms with Crippen molar-refractivity contribution in [1.82, 2.24) is 0 Å². The van der Waals surface area contributed by atoms with Gasteiger partial charge >= 0.3 is 11.9 Å². The van der Waals surface area contributed by atoms with Crippen molar-refractivity contribution in [2.75, 3.05) is 0 Å². The first-order valence-electron chi connectivity index (χ1n) is 9.27. The molecule has 0 bridgehead atoms. The molecule has 0 aromatic heterocycles. The zero-order chi connectivity index (χ0) is 24.2. The van der Waals surface area contributed by atoms with Gasteiger partial charge in [0.05, 0.1) is 0 Å². The summed E-state index contributed by atoms with van der Waals surface area (Å²) in [5.74, 6) is -2.20. The molecule has 31 heavy (non-hydrogen) atoms. The van der Waals surface area contributed by atoms with Crippen molar-refractivity contribution in [2.45, 2.75) is 46.0 Å². The number of ketones is 2. The average Bonchev–Trinajstić information content (AvgIpc) is 2.61. The Bertz CT molecular complexity index is 783. The van der Waals surface area contributed by atoms with E-state index >= 15 is 0 Å². The molecule has 2 rings (SSSR count). The second-order valence-electron chi connectivity index (χ2n) is 7.26. The first-order valence-corrected chi connectivity index (χ1v) is 9.27. The largest absolute Gasteiger partial charge is 0.508 e. The molecule has 0 saturated carbocycles. The van der Waals surface area contributed by atoms with Crippen molar-refractivity contribution in [3.05, 3.63) is 59.7 Å². The molecular formula is C23H28O8. The highest BCUT2D eigenvalue weighted by molar-refractivity contribution is 5.93. The minimum absolute atomic E-state index is 0.151. The summed E-state index contributed by atoms with van der Waals surface area (Å²) in [5.41, 5.74) is 2.10. The lowest BCUT2D eigenvalue weighted by Crippen LogP contribution is -2.18. The molecule has 0 radical (unpaired) electrons. The lowest BCUT2D eigenvalue weighted by atomic mass is 9.78. The smallest absolute Gasteiger partial charge is 0.310 e. The first-order chi connectivity index (χ1) is 14.2. The third kappa shape index (κ3) is 11.8. The number of carbonyl (C=O) groups excluding carboxylic acids is 2. The predicted octanol–water partition coefficient (Wildman–Crippen LogP) is 3.52. The fraction of sp³-hybridized carbons (Fsp3) is 0.304. The van der Waals surface area contributed by atoms with E-state index in [0.29, 0.717) is 0 Å². The van der Waals surface area contributed by atoms with Gasteiger partial charge in [-0.1, -0.05) is 38.1 Å². The number of carbonyl (C=O) groups is 4. The quantitative estimate of drug-likeness (QED) is 0.507. The van der Waals surface area contributed by atoms with Gasteiger partial charge in [0.1, 0.15) is 35.9 Å². The van der Waals surface area contributed by atoms with Crippen LogP contribution in [0.25, 0.3) is 0 Å². The third-order valence-corrected chi connectivity index (χ3v) is 3.98. The van der Waals surface area contributed by atoms with E-state index in [4.69, 9.17) is 10.2 Å². The Morgan fingerprint density at radius 1 is 0.645 bits per heavy atom. The highest BCUT2D eigenvalue weighted by Gasteiger charge is 2.22. The van der Waals surface area contributed by atoms with Crippen LogP contribution >= 0.6 is 0 Å². The zero-order valence-corrected chi connectivity index (χ0v) is 18.0. The summed E-state index contributed by atoms with van der Waals surface area (Å²) in [4.78, 5) is 38.9. The number of carboxylic acids is 2. The fourth-order valence-electron chi connectivity index (χ4n) is 2.35. The van der Waals surface area contributed by atoms with Gasteiger partial charge in [0.2, 0.25) is 0 Å². The van der Waals surface area contributed by atoms with Crippen LogP contribution in [0.4, 0.5) is 0 Å². The molecule has 0 unspecified atom stereocenters. The van der Waals surface area contributed by atoms with Gasteiger partial charge in [-0.2, -0.15) is 0 Å². The topological polar surface area (TPSA) is 149 Å². The summed E-state index contributed by atoms with van der Waals surface area (Å²) in [7, 11) is 0. The monoisotopic (exact) mass is 432 g/mol. The Hall–Kier alpha value is -3.68. The maximum Gasteiger partial charge on any atom is 0.310 e. The van der Waals surface area contributed by atoms with E-state index in [1.807, 2.05) is 24.3 Å². The number of aliphatic carboxylic acids is 2. The number of hydrogen-bond acceptors (Lipinski definition) is 6. The molecule has 0 aliphatic carbocycles. The third-order valence-electron chi connectivity index (χ3n) is 3.98. The molecule has 0 aliphatic rings. The number of hydrogen-bond donors (Lipinski definition) is 4. The lowest BCUT2D eigenvalue weighted by Gasteiger charge is -2.26. The second kappa shape index (κ2) is 12.8. The maximum absolute atomic E-state index is 9.87. The second-order valence-corrected chi connectivity index (χ2v) is 7.26. The molecule has 2 aromatic carbocycles. The van der Waals surface area contributed by atoms with Gasteiger partial charge in [0, 0.05) is 5.41 Å². The normalized spacial score (nSPS) is 9.94. The van der Waals surface area contributed by atoms with Crippen molar-refractivity contribution < 1.29 is 39.6 Å². The summed E-state index contributed by atoms with van der Waals surface area (Å²) >= 11 is 0. The van der Waals surface area contributed by atoms with E-state index in [1.165, 1.54) is 13.8 Å². The van der Waals surface area contributed by atoms with E-state index in [2.05, 4.69) is 13.8 Å². The van der Waals surface area contributed by atoms with Crippen LogP contribution in [0.15, 0.2) is 48.5 Å². The average molecular weight is 432 g/mol. The van der Waals surface area contributed by atoms with E-state index < -0.39 is 11.9 Å². The molecule has 8 nitrogen and oxygen atoms in total. The van der Waals surface area contributed by atoms with Crippen LogP contribution < -0.4 is 0 Å². The van der Waals surface area contributed by atoms with Gasteiger partial charge in [-0.3, -0.25) is 19.2 Å². The van der Waals surface area contributed by atoms with Crippen LogP contribution in [0.3, 0.4) is 0 Å². The fourth-order valence-corrected chi connectivity index (χ4v) is 2.35. The van der Waals surface area contributed by atoms with Gasteiger partial charge in [-0.25, -0.2) is 0 Å². The van der Waals surface area contributed by atoms with Crippen LogP contribution in [-0.2, 0) is 24.6 Å². The number of benzene rings is 2. The van der Waals surface area contributed by atoms with E-state index in [-0.39, 0.29) is 41.3 Å². The van der Waals surface area contributed by atoms with Crippen molar-refractivity contribution >= 4 is 23.5 Å². The van der Waals surface area contributed by atoms with Crippen molar-refractivity contribution in [3.8, 4) is 11.5 Å². The molecule has 168 valence electrons. The number of phenols is 2. The van der Waals surface area contributed by atoms with Crippen LogP contribution in [0.2, 0.25) is 0 Å². The Kier molecular flexibility index (Phi) is 11.3. The molecule has 0 saturated heterocycles. The number of carboxylic acid groups (broad SMARTS) is 2. The van der Waals surface area contributed by atoms with Gasteiger partial charge in [0.25, 0.3) is 0 Å². The number of phenolic OH excluding ortho intramolecular Hbond substituents is 2. The van der Waals surface area contributed by atoms with Gasteiger partial charge < -0.3 is 20.4 Å². The maximum atomic E-state index is 9.87. The Balaban J connectivity index is 0.000000536. The van der Waals surface area contributed by atoms with Crippen LogP contribution in [-0.4, -0.2) is 43.9 Å². The molecule has 0 aliphatic heterocycles. The standard InChI is InChI=1S/C15H16O2.2C4H6O3/c1-15(2,11-3-7-13(16)8-4-11)12-5-9-14(17)10-6-12;2*1-3(5)2-4(6)7/h3-10,16-17H,1-2H3;2*2H2,1H3,(H,6,7). The molecular weight excluding hydrogens is 404 g/mol. The SMILES string of the molecule is CC(=O)CC(=O)O.CC(=O)CC(=O)O.CC(C)(c1ccc(O)cc1)c1ccc(O)cc1. The van der Waals surface area contributed by atoms with E-state index in [0.717, 1.165) is 11.1 Å². The van der Waals surface area contributed by atoms with Crippen molar-refractivity contribution in [2.24, 2.45) is 0 Å². The van der Waals surface area contributed by atoms with Gasteiger partial charge in [-0.15, -0.1) is 0 Å². The summed E-state index contributed by atoms with van der Waals surface area (Å²) < 4.78 is 0. The highest BCUT2D eigenvalue weighted by atomic mass is 16.4. The summed E-state index contributed by atoms with van der Waals surface area (Å²) in [5, 5.41) is 34.3. The lowest BCUT2D eigenvalue weighted by molar-refractivity contribution is -0.141. The molecule has 0 fully saturated rings. The van der Waals surface area contributed by atoms with Crippen LogP contribution in [0.5, 0.6) is 11.5 Å². The number of rotatable bonds is 6. The number of Topliss-reactive ketones (excluding diaryl/α,β-unsaturated/α-hetero) is 2. The highest BCUT2D eigenvalue weighted by Crippen LogP contribution is 2.32. The first kappa shape index (κ1) is 27.3. The minimum Gasteiger partial charge on any atom is -0.508 e. The molecule has 2 aromatic rings. The van der Waals surface area contributed by atoms with Crippen molar-refractivity contribution in [3.63, 3.8) is 0 Å². The summed E-state index contributed by atoms with van der Waals surface area (Å²) in [6.07, 6.45) is -0.722. The summed E-state index contributed by atoms with van der Waals surface area (Å²) in [6, 6.07) is 14.4.